The average Bonchev–Trinajstić information content (AvgIpc) is 2.75. The van der Waals surface area contributed by atoms with E-state index in [1.54, 1.807) is 0 Å². The molecule has 0 radical (unpaired) electrons. The van der Waals surface area contributed by atoms with Crippen LogP contribution in [0.2, 0.25) is 0 Å². The van der Waals surface area contributed by atoms with Gasteiger partial charge in [-0.05, 0) is 13.8 Å². The van der Waals surface area contributed by atoms with Crippen molar-refractivity contribution >= 4 is 28.7 Å². The van der Waals surface area contributed by atoms with Crippen LogP contribution in [0.25, 0.3) is 0 Å². The third kappa shape index (κ3) is 2.76. The molecule has 8 nitrogen and oxygen atoms in total. The largest absolute Gasteiger partial charge is 0.378 e. The number of rotatable bonds is 4. The van der Waals surface area contributed by atoms with E-state index in [1.807, 2.05) is 19.2 Å². The van der Waals surface area contributed by atoms with Crippen LogP contribution >= 0.6 is 11.3 Å². The Morgan fingerprint density at radius 1 is 1.53 bits per heavy atom. The van der Waals surface area contributed by atoms with Crippen molar-refractivity contribution in [3.05, 3.63) is 32.5 Å². The highest BCUT2D eigenvalue weighted by Crippen LogP contribution is 2.30. The second kappa shape index (κ2) is 5.14. The number of nitrogen functional groups attached to an aromatic ring is 1. The zero-order chi connectivity index (χ0) is 14.0. The Balaban J connectivity index is 2.28. The molecule has 0 saturated heterocycles. The van der Waals surface area contributed by atoms with E-state index in [0.29, 0.717) is 0 Å². The van der Waals surface area contributed by atoms with Crippen molar-refractivity contribution in [1.29, 1.82) is 0 Å². The highest BCUT2D eigenvalue weighted by Gasteiger charge is 2.23. The third-order valence-electron chi connectivity index (χ3n) is 2.39. The number of nitro groups is 1. The zero-order valence-electron chi connectivity index (χ0n) is 10.3. The van der Waals surface area contributed by atoms with Gasteiger partial charge < -0.3 is 11.1 Å². The maximum atomic E-state index is 11.0. The summed E-state index contributed by atoms with van der Waals surface area (Å²) in [6.07, 6.45) is 1.19. The number of nitrogens with one attached hydrogen (secondary N) is 1. The van der Waals surface area contributed by atoms with E-state index in [0.717, 1.165) is 10.7 Å². The Morgan fingerprint density at radius 3 is 2.84 bits per heavy atom. The zero-order valence-corrected chi connectivity index (χ0v) is 11.1. The van der Waals surface area contributed by atoms with E-state index in [-0.39, 0.29) is 23.4 Å². The number of aryl methyl sites for hydroxylation is 1. The van der Waals surface area contributed by atoms with E-state index < -0.39 is 4.92 Å². The summed E-state index contributed by atoms with van der Waals surface area (Å²) in [5, 5.41) is 16.6. The maximum absolute atomic E-state index is 11.0. The Bertz CT molecular complexity index is 614. The van der Waals surface area contributed by atoms with E-state index in [2.05, 4.69) is 20.3 Å². The second-order valence-corrected chi connectivity index (χ2v) is 4.80. The van der Waals surface area contributed by atoms with E-state index >= 15 is 0 Å². The van der Waals surface area contributed by atoms with Gasteiger partial charge in [-0.2, -0.15) is 0 Å². The molecule has 3 N–H and O–H groups in total. The van der Waals surface area contributed by atoms with Gasteiger partial charge in [0.2, 0.25) is 11.6 Å². The number of hydrogen-bond acceptors (Lipinski definition) is 8. The Morgan fingerprint density at radius 2 is 2.26 bits per heavy atom. The lowest BCUT2D eigenvalue weighted by Gasteiger charge is -2.12. The lowest BCUT2D eigenvalue weighted by molar-refractivity contribution is -0.383. The van der Waals surface area contributed by atoms with Crippen molar-refractivity contribution in [1.82, 2.24) is 15.0 Å². The van der Waals surface area contributed by atoms with Gasteiger partial charge in [-0.25, -0.2) is 15.0 Å². The van der Waals surface area contributed by atoms with E-state index in [4.69, 9.17) is 5.73 Å². The molecule has 0 saturated carbocycles. The number of hydrogen-bond donors (Lipinski definition) is 2. The minimum atomic E-state index is -0.600. The number of nitrogens with two attached hydrogens (primary N) is 1. The predicted octanol–water partition coefficient (Wildman–Crippen LogP) is 1.91. The molecule has 2 rings (SSSR count). The molecule has 0 bridgehead atoms. The summed E-state index contributed by atoms with van der Waals surface area (Å²) in [5.74, 6) is -0.0668. The van der Waals surface area contributed by atoms with Gasteiger partial charge in [0.15, 0.2) is 0 Å². The van der Waals surface area contributed by atoms with E-state index in [9.17, 15) is 10.1 Å². The Labute approximate surface area is 112 Å². The summed E-state index contributed by atoms with van der Waals surface area (Å²) in [4.78, 5) is 22.2. The fourth-order valence-electron chi connectivity index (χ4n) is 1.52. The standard InChI is InChI=1S/C10H12N6O2S/c1-5-3-19-10(14-5)6(2)15-9-7(16(17)18)8(11)12-4-13-9/h3-4,6H,1-2H3,(H3,11,12,13,15). The average molecular weight is 280 g/mol. The first-order chi connectivity index (χ1) is 8.99. The molecule has 9 heteroatoms. The second-order valence-electron chi connectivity index (χ2n) is 3.91. The smallest absolute Gasteiger partial charge is 0.353 e. The topological polar surface area (TPSA) is 120 Å². The molecule has 19 heavy (non-hydrogen) atoms. The molecule has 0 amide bonds. The first-order valence-corrected chi connectivity index (χ1v) is 6.30. The van der Waals surface area contributed by atoms with Gasteiger partial charge in [0, 0.05) is 11.1 Å². The fourth-order valence-corrected chi connectivity index (χ4v) is 2.32. The molecule has 0 aliphatic rings. The fraction of sp³-hybridized carbons (Fsp3) is 0.300. The molecule has 0 aliphatic carbocycles. The third-order valence-corrected chi connectivity index (χ3v) is 3.54. The molecule has 100 valence electrons. The molecular weight excluding hydrogens is 268 g/mol. The van der Waals surface area contributed by atoms with Crippen molar-refractivity contribution in [3.8, 4) is 0 Å². The lowest BCUT2D eigenvalue weighted by atomic mass is 10.3. The normalized spacial score (nSPS) is 12.1. The molecule has 1 atom stereocenters. The van der Waals surface area contributed by atoms with Crippen molar-refractivity contribution in [3.63, 3.8) is 0 Å². The quantitative estimate of drug-likeness (QED) is 0.648. The molecule has 2 aromatic heterocycles. The molecule has 1 unspecified atom stereocenters. The molecule has 2 heterocycles. The summed E-state index contributed by atoms with van der Waals surface area (Å²) < 4.78 is 0. The van der Waals surface area contributed by atoms with Crippen LogP contribution in [0.5, 0.6) is 0 Å². The van der Waals surface area contributed by atoms with E-state index in [1.165, 1.54) is 17.7 Å². The van der Waals surface area contributed by atoms with Crippen LogP contribution in [-0.2, 0) is 0 Å². The summed E-state index contributed by atoms with van der Waals surface area (Å²) in [5.41, 5.74) is 6.09. The molecular formula is C10H12N6O2S. The lowest BCUT2D eigenvalue weighted by Crippen LogP contribution is -2.11. The van der Waals surface area contributed by atoms with Crippen LogP contribution < -0.4 is 11.1 Å². The number of aromatic nitrogens is 3. The molecule has 0 aliphatic heterocycles. The molecule has 0 fully saturated rings. The molecule has 0 spiro atoms. The van der Waals surface area contributed by atoms with Gasteiger partial charge >= 0.3 is 5.69 Å². The van der Waals surface area contributed by atoms with Crippen LogP contribution in [0, 0.1) is 17.0 Å². The first-order valence-electron chi connectivity index (χ1n) is 5.42. The Kier molecular flexibility index (Phi) is 3.56. The monoisotopic (exact) mass is 280 g/mol. The number of nitrogens with zero attached hydrogens (tertiary/aromatic N) is 4. The summed E-state index contributed by atoms with van der Waals surface area (Å²) in [6.45, 7) is 3.73. The number of thiazole rings is 1. The minimum Gasteiger partial charge on any atom is -0.378 e. The van der Waals surface area contributed by atoms with Crippen LogP contribution in [-0.4, -0.2) is 19.9 Å². The van der Waals surface area contributed by atoms with Gasteiger partial charge in [0.25, 0.3) is 0 Å². The van der Waals surface area contributed by atoms with Gasteiger partial charge in [-0.3, -0.25) is 10.1 Å². The summed E-state index contributed by atoms with van der Waals surface area (Å²) in [7, 11) is 0. The van der Waals surface area contributed by atoms with Crippen molar-refractivity contribution in [2.24, 2.45) is 0 Å². The predicted molar refractivity (Wildman–Crippen MR) is 72.0 cm³/mol. The Hall–Kier alpha value is -2.29. The minimum absolute atomic E-state index is 0.0952. The molecule has 2 aromatic rings. The first kappa shape index (κ1) is 13.1. The van der Waals surface area contributed by atoms with Crippen LogP contribution in [0.4, 0.5) is 17.3 Å². The summed E-state index contributed by atoms with van der Waals surface area (Å²) >= 11 is 1.48. The summed E-state index contributed by atoms with van der Waals surface area (Å²) in [6, 6.07) is -0.202. The maximum Gasteiger partial charge on any atom is 0.353 e. The van der Waals surface area contributed by atoms with Gasteiger partial charge in [-0.15, -0.1) is 11.3 Å². The SMILES string of the molecule is Cc1csc(C(C)Nc2ncnc(N)c2[N+](=O)[O-])n1. The van der Waals surface area contributed by atoms with Crippen molar-refractivity contribution in [2.75, 3.05) is 11.1 Å². The van der Waals surface area contributed by atoms with Crippen LogP contribution in [0.3, 0.4) is 0 Å². The van der Waals surface area contributed by atoms with Crippen LogP contribution in [0.15, 0.2) is 11.7 Å². The number of anilines is 2. The molecule has 0 aromatic carbocycles. The van der Waals surface area contributed by atoms with Gasteiger partial charge in [0.05, 0.1) is 11.0 Å². The van der Waals surface area contributed by atoms with Crippen molar-refractivity contribution in [2.45, 2.75) is 19.9 Å². The highest BCUT2D eigenvalue weighted by atomic mass is 32.1. The van der Waals surface area contributed by atoms with Gasteiger partial charge in [-0.1, -0.05) is 0 Å². The van der Waals surface area contributed by atoms with Crippen LogP contribution in [0.1, 0.15) is 23.7 Å². The highest BCUT2D eigenvalue weighted by molar-refractivity contribution is 7.09. The van der Waals surface area contributed by atoms with Gasteiger partial charge in [0.1, 0.15) is 11.3 Å². The van der Waals surface area contributed by atoms with Crippen molar-refractivity contribution < 1.29 is 4.92 Å².